The molecule has 2 aromatic carbocycles. The Morgan fingerprint density at radius 1 is 1.10 bits per heavy atom. The van der Waals surface area contributed by atoms with E-state index in [1.807, 2.05) is 24.3 Å². The Morgan fingerprint density at radius 3 is 2.43 bits per heavy atom. The first-order valence-corrected chi connectivity index (χ1v) is 9.96. The maximum absolute atomic E-state index is 12.4. The molecule has 1 unspecified atom stereocenters. The van der Waals surface area contributed by atoms with Gasteiger partial charge in [0.2, 0.25) is 11.8 Å². The number of hydrogen-bond acceptors (Lipinski definition) is 5. The average molecular weight is 434 g/mol. The van der Waals surface area contributed by atoms with Gasteiger partial charge in [-0.2, -0.15) is 0 Å². The minimum atomic E-state index is -0.465. The minimum absolute atomic E-state index is 0.0444. The molecule has 0 aliphatic heterocycles. The third kappa shape index (κ3) is 6.93. The maximum Gasteiger partial charge on any atom is 0.238 e. The Labute approximate surface area is 182 Å². The van der Waals surface area contributed by atoms with Gasteiger partial charge in [0.25, 0.3) is 0 Å². The Bertz CT molecular complexity index is 858. The second-order valence-electron chi connectivity index (χ2n) is 6.87. The van der Waals surface area contributed by atoms with Gasteiger partial charge in [-0.3, -0.25) is 14.5 Å². The average Bonchev–Trinajstić information content (AvgIpc) is 2.73. The summed E-state index contributed by atoms with van der Waals surface area (Å²) < 4.78 is 10.4. The van der Waals surface area contributed by atoms with E-state index in [0.29, 0.717) is 29.4 Å². The van der Waals surface area contributed by atoms with Gasteiger partial charge in [-0.05, 0) is 56.3 Å². The molecule has 0 bridgehead atoms. The maximum atomic E-state index is 12.4. The normalized spacial score (nSPS) is 11.7. The van der Waals surface area contributed by atoms with Gasteiger partial charge >= 0.3 is 0 Å². The number of nitrogens with one attached hydrogen (secondary N) is 2. The van der Waals surface area contributed by atoms with E-state index in [1.165, 1.54) is 7.11 Å². The third-order valence-electron chi connectivity index (χ3n) is 4.74. The highest BCUT2D eigenvalue weighted by atomic mass is 35.5. The molecule has 2 N–H and O–H groups in total. The highest BCUT2D eigenvalue weighted by molar-refractivity contribution is 6.31. The van der Waals surface area contributed by atoms with Crippen LogP contribution in [0, 0.1) is 0 Å². The van der Waals surface area contributed by atoms with Gasteiger partial charge in [0.1, 0.15) is 11.5 Å². The van der Waals surface area contributed by atoms with Crippen LogP contribution in [-0.2, 0) is 16.0 Å². The number of amides is 2. The zero-order valence-electron chi connectivity index (χ0n) is 17.7. The van der Waals surface area contributed by atoms with Crippen molar-refractivity contribution in [2.75, 3.05) is 39.7 Å². The molecule has 0 saturated carbocycles. The van der Waals surface area contributed by atoms with Crippen LogP contribution in [0.15, 0.2) is 42.5 Å². The van der Waals surface area contributed by atoms with Crippen molar-refractivity contribution in [3.05, 3.63) is 53.1 Å². The molecule has 0 aliphatic rings. The molecule has 8 heteroatoms. The standard InChI is InChI=1S/C22H28ClN3O4/c1-15(22(28)24-12-11-16-5-8-18(29-3)9-6-16)26(2)14-21(27)25-19-13-17(23)7-10-20(19)30-4/h5-10,13,15H,11-12,14H2,1-4H3,(H,24,28)(H,25,27). The Kier molecular flexibility index (Phi) is 8.95. The van der Waals surface area contributed by atoms with Gasteiger partial charge in [-0.25, -0.2) is 0 Å². The van der Waals surface area contributed by atoms with Gasteiger partial charge in [0.05, 0.1) is 32.5 Å². The van der Waals surface area contributed by atoms with Crippen LogP contribution in [0.2, 0.25) is 5.02 Å². The Morgan fingerprint density at radius 2 is 1.80 bits per heavy atom. The molecule has 0 spiro atoms. The summed E-state index contributed by atoms with van der Waals surface area (Å²) in [4.78, 5) is 26.5. The van der Waals surface area contributed by atoms with Crippen LogP contribution in [0.5, 0.6) is 11.5 Å². The zero-order chi connectivity index (χ0) is 22.1. The number of carbonyl (C=O) groups excluding carboxylic acids is 2. The van der Waals surface area contributed by atoms with Gasteiger partial charge in [0, 0.05) is 11.6 Å². The summed E-state index contributed by atoms with van der Waals surface area (Å²) in [5, 5.41) is 6.17. The number of carbonyl (C=O) groups is 2. The summed E-state index contributed by atoms with van der Waals surface area (Å²) in [6.45, 7) is 2.31. The summed E-state index contributed by atoms with van der Waals surface area (Å²) in [5.74, 6) is 0.904. The van der Waals surface area contributed by atoms with Crippen molar-refractivity contribution in [2.45, 2.75) is 19.4 Å². The van der Waals surface area contributed by atoms with E-state index in [1.54, 1.807) is 44.2 Å². The van der Waals surface area contributed by atoms with Crippen molar-refractivity contribution in [2.24, 2.45) is 0 Å². The number of hydrogen-bond donors (Lipinski definition) is 2. The lowest BCUT2D eigenvalue weighted by Crippen LogP contribution is -2.46. The molecule has 0 fully saturated rings. The number of nitrogens with zero attached hydrogens (tertiary/aromatic N) is 1. The first-order chi connectivity index (χ1) is 14.3. The van der Waals surface area contributed by atoms with Crippen molar-refractivity contribution in [1.82, 2.24) is 10.2 Å². The lowest BCUT2D eigenvalue weighted by molar-refractivity contribution is -0.126. The van der Waals surface area contributed by atoms with E-state index < -0.39 is 6.04 Å². The summed E-state index contributed by atoms with van der Waals surface area (Å²) in [6.07, 6.45) is 0.710. The van der Waals surface area contributed by atoms with E-state index >= 15 is 0 Å². The monoisotopic (exact) mass is 433 g/mol. The summed E-state index contributed by atoms with van der Waals surface area (Å²) >= 11 is 5.99. The highest BCUT2D eigenvalue weighted by Gasteiger charge is 2.20. The van der Waals surface area contributed by atoms with Crippen LogP contribution in [0.3, 0.4) is 0 Å². The number of ether oxygens (including phenoxy) is 2. The number of likely N-dealkylation sites (N-methyl/N-ethyl adjacent to an activating group) is 1. The molecule has 2 aromatic rings. The van der Waals surface area contributed by atoms with Crippen molar-refractivity contribution < 1.29 is 19.1 Å². The number of halogens is 1. The topological polar surface area (TPSA) is 79.9 Å². The van der Waals surface area contributed by atoms with Crippen LogP contribution >= 0.6 is 11.6 Å². The lowest BCUT2D eigenvalue weighted by atomic mass is 10.1. The predicted octanol–water partition coefficient (Wildman–Crippen LogP) is 2.97. The molecule has 0 radical (unpaired) electrons. The Hall–Kier alpha value is -2.77. The lowest BCUT2D eigenvalue weighted by Gasteiger charge is -2.23. The Balaban J connectivity index is 1.80. The van der Waals surface area contributed by atoms with Gasteiger partial charge in [-0.1, -0.05) is 23.7 Å². The first kappa shape index (κ1) is 23.5. The predicted molar refractivity (Wildman–Crippen MR) is 118 cm³/mol. The zero-order valence-corrected chi connectivity index (χ0v) is 18.5. The highest BCUT2D eigenvalue weighted by Crippen LogP contribution is 2.27. The second-order valence-corrected chi connectivity index (χ2v) is 7.31. The van der Waals surface area contributed by atoms with Gasteiger partial charge in [0.15, 0.2) is 0 Å². The molecule has 0 saturated heterocycles. The fourth-order valence-electron chi connectivity index (χ4n) is 2.80. The minimum Gasteiger partial charge on any atom is -0.497 e. The van der Waals surface area contributed by atoms with E-state index in [9.17, 15) is 9.59 Å². The molecule has 0 aliphatic carbocycles. The molecule has 2 amide bonds. The molecule has 2 rings (SSSR count). The van der Waals surface area contributed by atoms with Crippen LogP contribution in [-0.4, -0.2) is 57.1 Å². The molecule has 30 heavy (non-hydrogen) atoms. The van der Waals surface area contributed by atoms with E-state index in [-0.39, 0.29) is 18.4 Å². The summed E-state index contributed by atoms with van der Waals surface area (Å²) in [5.41, 5.74) is 1.59. The second kappa shape index (κ2) is 11.4. The molecular weight excluding hydrogens is 406 g/mol. The smallest absolute Gasteiger partial charge is 0.238 e. The van der Waals surface area contributed by atoms with Crippen molar-refractivity contribution in [3.63, 3.8) is 0 Å². The number of benzene rings is 2. The van der Waals surface area contributed by atoms with Crippen LogP contribution in [0.4, 0.5) is 5.69 Å². The molecule has 1 atom stereocenters. The fraction of sp³-hybridized carbons (Fsp3) is 0.364. The quantitative estimate of drug-likeness (QED) is 0.602. The molecule has 162 valence electrons. The molecule has 7 nitrogen and oxygen atoms in total. The van der Waals surface area contributed by atoms with Crippen LogP contribution < -0.4 is 20.1 Å². The van der Waals surface area contributed by atoms with Crippen LogP contribution in [0.1, 0.15) is 12.5 Å². The van der Waals surface area contributed by atoms with E-state index in [4.69, 9.17) is 21.1 Å². The molecule has 0 heterocycles. The third-order valence-corrected chi connectivity index (χ3v) is 4.98. The van der Waals surface area contributed by atoms with E-state index in [2.05, 4.69) is 10.6 Å². The molecule has 0 aromatic heterocycles. The van der Waals surface area contributed by atoms with Gasteiger partial charge < -0.3 is 20.1 Å². The summed E-state index contributed by atoms with van der Waals surface area (Å²) in [6, 6.07) is 12.2. The van der Waals surface area contributed by atoms with Gasteiger partial charge in [-0.15, -0.1) is 0 Å². The largest absolute Gasteiger partial charge is 0.497 e. The first-order valence-electron chi connectivity index (χ1n) is 9.58. The fourth-order valence-corrected chi connectivity index (χ4v) is 2.97. The number of rotatable bonds is 10. The van der Waals surface area contributed by atoms with E-state index in [0.717, 1.165) is 11.3 Å². The van der Waals surface area contributed by atoms with Crippen molar-refractivity contribution >= 4 is 29.1 Å². The summed E-state index contributed by atoms with van der Waals surface area (Å²) in [7, 11) is 4.87. The molecular formula is C22H28ClN3O4. The van der Waals surface area contributed by atoms with Crippen LogP contribution in [0.25, 0.3) is 0 Å². The SMILES string of the molecule is COc1ccc(CCNC(=O)C(C)N(C)CC(=O)Nc2cc(Cl)ccc2OC)cc1. The number of anilines is 1. The van der Waals surface area contributed by atoms with Crippen molar-refractivity contribution in [3.8, 4) is 11.5 Å². The van der Waals surface area contributed by atoms with Crippen molar-refractivity contribution in [1.29, 1.82) is 0 Å². The number of methoxy groups -OCH3 is 2.